The number of hydrogen-bond donors (Lipinski definition) is 10. The standard InChI is InChI=1S/C28H48N7O18P3S/c1-4-5-6-16(36)11-19(38)57-10-9-30-18(37)7-8-31-26(41)23(40)28(2,3)13-50-56(47,48)53-55(45,46)49-12-17-22(52-54(42,43)44)21(39)27(51-17)35-15-34-20-24(29)32-14-33-25(20)35/h14-17,21-23,27,36,39-40H,4-13H2,1-3H3,(H,30,37)(H,31,41)(H,45,46)(H,47,48)(H2,29,32,33)(H2,42,43,44)/t16?,17-,21-,22-,23+,27+/m1/s1. The van der Waals surface area contributed by atoms with E-state index in [9.17, 15) is 63.0 Å². The lowest BCUT2D eigenvalue weighted by atomic mass is 9.87. The number of carbonyl (C=O) groups is 3. The van der Waals surface area contributed by atoms with Crippen molar-refractivity contribution < 1.29 is 85.6 Å². The third kappa shape index (κ3) is 15.6. The third-order valence-electron chi connectivity index (χ3n) is 8.06. The Morgan fingerprint density at radius 2 is 1.74 bits per heavy atom. The van der Waals surface area contributed by atoms with Crippen LogP contribution >= 0.6 is 35.2 Å². The number of aromatic nitrogens is 4. The maximum atomic E-state index is 12.7. The Morgan fingerprint density at radius 3 is 2.40 bits per heavy atom. The van der Waals surface area contributed by atoms with Gasteiger partial charge in [-0.3, -0.25) is 32.5 Å². The summed E-state index contributed by atoms with van der Waals surface area (Å²) in [7, 11) is -16.4. The number of nitrogens with one attached hydrogen (secondary N) is 2. The van der Waals surface area contributed by atoms with Crippen molar-refractivity contribution in [1.82, 2.24) is 30.2 Å². The zero-order valence-electron chi connectivity index (χ0n) is 30.9. The van der Waals surface area contributed by atoms with Crippen LogP contribution in [0, 0.1) is 5.41 Å². The summed E-state index contributed by atoms with van der Waals surface area (Å²) in [4.78, 5) is 87.5. The molecule has 1 aliphatic heterocycles. The minimum Gasteiger partial charge on any atom is -0.393 e. The topological polar surface area (TPSA) is 384 Å². The Morgan fingerprint density at radius 1 is 1.05 bits per heavy atom. The van der Waals surface area contributed by atoms with E-state index in [4.69, 9.17) is 19.5 Å². The van der Waals surface area contributed by atoms with Crippen molar-refractivity contribution in [3.8, 4) is 0 Å². The number of unbranched alkanes of at least 4 members (excludes halogenated alkanes) is 1. The minimum absolute atomic E-state index is 0.0144. The summed E-state index contributed by atoms with van der Waals surface area (Å²) >= 11 is 0.972. The van der Waals surface area contributed by atoms with Gasteiger partial charge in [0.25, 0.3) is 0 Å². The maximum Gasteiger partial charge on any atom is 0.481 e. The van der Waals surface area contributed by atoms with Crippen LogP contribution in [0.1, 0.15) is 59.1 Å². The van der Waals surface area contributed by atoms with Crippen molar-refractivity contribution in [3.63, 3.8) is 0 Å². The summed E-state index contributed by atoms with van der Waals surface area (Å²) in [5.74, 6) is -1.24. The number of carbonyl (C=O) groups excluding carboxylic acids is 3. The van der Waals surface area contributed by atoms with Gasteiger partial charge in [-0.1, -0.05) is 45.4 Å². The molecule has 1 aliphatic rings. The van der Waals surface area contributed by atoms with Gasteiger partial charge in [0.1, 0.15) is 36.3 Å². The van der Waals surface area contributed by atoms with E-state index in [2.05, 4.69) is 34.4 Å². The molecule has 57 heavy (non-hydrogen) atoms. The molecule has 2 aromatic rings. The third-order valence-corrected chi connectivity index (χ3v) is 12.1. The number of fused-ring (bicyclic) bond motifs is 1. The Labute approximate surface area is 329 Å². The van der Waals surface area contributed by atoms with Crippen molar-refractivity contribution in [2.45, 2.75) is 89.6 Å². The zero-order valence-corrected chi connectivity index (χ0v) is 34.4. The number of aliphatic hydroxyl groups excluding tert-OH is 3. The first kappa shape index (κ1) is 48.9. The van der Waals surface area contributed by atoms with Crippen LogP contribution in [0.3, 0.4) is 0 Å². The highest BCUT2D eigenvalue weighted by Gasteiger charge is 2.50. The first-order valence-corrected chi connectivity index (χ1v) is 22.7. The fraction of sp³-hybridized carbons (Fsp3) is 0.714. The van der Waals surface area contributed by atoms with Crippen molar-refractivity contribution in [2.24, 2.45) is 5.41 Å². The zero-order chi connectivity index (χ0) is 42.8. The monoisotopic (exact) mass is 895 g/mol. The number of thioether (sulfide) groups is 1. The second-order valence-corrected chi connectivity index (χ2v) is 18.7. The van der Waals surface area contributed by atoms with Crippen LogP contribution in [0.2, 0.25) is 0 Å². The van der Waals surface area contributed by atoms with E-state index in [0.717, 1.165) is 41.8 Å². The number of aliphatic hydroxyl groups is 3. The second kappa shape index (κ2) is 21.2. The van der Waals surface area contributed by atoms with Gasteiger partial charge in [0.15, 0.2) is 22.8 Å². The van der Waals surface area contributed by atoms with Gasteiger partial charge in [-0.05, 0) is 6.42 Å². The van der Waals surface area contributed by atoms with Crippen LogP contribution < -0.4 is 16.4 Å². The van der Waals surface area contributed by atoms with Gasteiger partial charge in [0.05, 0.1) is 25.6 Å². The molecular weight excluding hydrogens is 847 g/mol. The molecule has 8 atom stereocenters. The molecule has 2 amide bonds. The molecule has 2 aromatic heterocycles. The SMILES string of the molecule is CCCCC(O)CC(=O)SCCNC(=O)CCNC(=O)[C@H](O)C(C)(C)COP(=O)(O)OP(=O)(O)OC[C@H]1O[C@H](n2cnc3c(N)ncnc32)[C@H](O)[C@@H]1OP(=O)(O)O. The van der Waals surface area contributed by atoms with E-state index in [1.165, 1.54) is 13.8 Å². The lowest BCUT2D eigenvalue weighted by Crippen LogP contribution is -2.46. The number of ether oxygens (including phenoxy) is 1. The number of phosphoric ester groups is 3. The number of imidazole rings is 1. The van der Waals surface area contributed by atoms with Gasteiger partial charge in [0.2, 0.25) is 11.8 Å². The summed E-state index contributed by atoms with van der Waals surface area (Å²) in [6.07, 6.45) is -5.44. The molecule has 0 spiro atoms. The smallest absolute Gasteiger partial charge is 0.393 e. The highest BCUT2D eigenvalue weighted by molar-refractivity contribution is 8.13. The fourth-order valence-corrected chi connectivity index (χ4v) is 8.66. The van der Waals surface area contributed by atoms with Gasteiger partial charge in [-0.2, -0.15) is 4.31 Å². The number of nitrogen functional groups attached to an aromatic ring is 1. The van der Waals surface area contributed by atoms with Gasteiger partial charge >= 0.3 is 23.5 Å². The number of phosphoric acid groups is 3. The number of rotatable bonds is 24. The van der Waals surface area contributed by atoms with Crippen LogP contribution in [-0.4, -0.2) is 134 Å². The number of anilines is 1. The normalized spacial score (nSPS) is 22.1. The molecule has 3 heterocycles. The largest absolute Gasteiger partial charge is 0.481 e. The maximum absolute atomic E-state index is 12.7. The van der Waals surface area contributed by atoms with Crippen LogP contribution in [0.4, 0.5) is 5.82 Å². The molecule has 1 fully saturated rings. The molecule has 0 aromatic carbocycles. The average molecular weight is 896 g/mol. The summed E-state index contributed by atoms with van der Waals surface area (Å²) in [5, 5.41) is 35.9. The van der Waals surface area contributed by atoms with Crippen molar-refractivity contribution in [2.75, 3.05) is 37.8 Å². The Balaban J connectivity index is 1.46. The molecule has 3 unspecified atom stereocenters. The molecule has 29 heteroatoms. The Kier molecular flexibility index (Phi) is 18.2. The van der Waals surface area contributed by atoms with Crippen molar-refractivity contribution in [3.05, 3.63) is 12.7 Å². The molecule has 11 N–H and O–H groups in total. The first-order valence-electron chi connectivity index (χ1n) is 17.2. The molecule has 3 rings (SSSR count). The second-order valence-electron chi connectivity index (χ2n) is 13.3. The van der Waals surface area contributed by atoms with E-state index in [-0.39, 0.29) is 53.8 Å². The first-order chi connectivity index (χ1) is 26.4. The van der Waals surface area contributed by atoms with Gasteiger partial charge in [0, 0.05) is 37.1 Å². The molecule has 0 radical (unpaired) electrons. The van der Waals surface area contributed by atoms with E-state index < -0.39 is 90.7 Å². The molecule has 1 saturated heterocycles. The molecule has 0 saturated carbocycles. The molecule has 25 nitrogen and oxygen atoms in total. The minimum atomic E-state index is -5.58. The predicted octanol–water partition coefficient (Wildman–Crippen LogP) is -0.394. The van der Waals surface area contributed by atoms with Gasteiger partial charge in [-0.15, -0.1) is 0 Å². The lowest BCUT2D eigenvalue weighted by Gasteiger charge is -2.30. The molecule has 0 aliphatic carbocycles. The van der Waals surface area contributed by atoms with Crippen LogP contribution in [0.5, 0.6) is 0 Å². The summed E-state index contributed by atoms with van der Waals surface area (Å²) < 4.78 is 62.1. The van der Waals surface area contributed by atoms with Crippen molar-refractivity contribution in [1.29, 1.82) is 0 Å². The van der Waals surface area contributed by atoms with E-state index in [0.29, 0.717) is 6.42 Å². The van der Waals surface area contributed by atoms with Crippen LogP contribution in [0.25, 0.3) is 11.2 Å². The summed E-state index contributed by atoms with van der Waals surface area (Å²) in [5.41, 5.74) is 4.24. The van der Waals surface area contributed by atoms with E-state index in [1.807, 2.05) is 6.92 Å². The molecular formula is C28H48N7O18P3S. The highest BCUT2D eigenvalue weighted by atomic mass is 32.2. The fourth-order valence-electron chi connectivity index (χ4n) is 5.09. The van der Waals surface area contributed by atoms with E-state index >= 15 is 0 Å². The Bertz CT molecular complexity index is 1830. The number of amides is 2. The summed E-state index contributed by atoms with van der Waals surface area (Å²) in [6.45, 7) is 2.35. The van der Waals surface area contributed by atoms with Crippen molar-refractivity contribution >= 4 is 69.1 Å². The van der Waals surface area contributed by atoms with Crippen LogP contribution in [0.15, 0.2) is 12.7 Å². The average Bonchev–Trinajstić information content (AvgIpc) is 3.67. The van der Waals surface area contributed by atoms with Gasteiger partial charge < -0.3 is 56.0 Å². The predicted molar refractivity (Wildman–Crippen MR) is 197 cm³/mol. The van der Waals surface area contributed by atoms with Crippen LogP contribution in [-0.2, 0) is 50.7 Å². The van der Waals surface area contributed by atoms with Gasteiger partial charge in [-0.25, -0.2) is 28.6 Å². The Hall–Kier alpha value is -2.48. The lowest BCUT2D eigenvalue weighted by molar-refractivity contribution is -0.137. The molecule has 324 valence electrons. The summed E-state index contributed by atoms with van der Waals surface area (Å²) in [6, 6.07) is 0. The van der Waals surface area contributed by atoms with E-state index in [1.54, 1.807) is 0 Å². The number of nitrogens with two attached hydrogens (primary N) is 1. The highest BCUT2D eigenvalue weighted by Crippen LogP contribution is 2.61. The quantitative estimate of drug-likeness (QED) is 0.0473. The molecule has 0 bridgehead atoms. The number of hydrogen-bond acceptors (Lipinski definition) is 19. The number of nitrogens with zero attached hydrogens (tertiary/aromatic N) is 4.